The molecule has 1 aliphatic rings. The highest BCUT2D eigenvalue weighted by molar-refractivity contribution is 7.51. The second-order valence-corrected chi connectivity index (χ2v) is 13.3. The smallest absolute Gasteiger partial charge is 0.362 e. The molecular formula is C34H36N5O7P. The minimum atomic E-state index is -4.36. The summed E-state index contributed by atoms with van der Waals surface area (Å²) in [4.78, 5) is 36.4. The Kier molecular flexibility index (Phi) is 9.31. The van der Waals surface area contributed by atoms with Gasteiger partial charge in [0.15, 0.2) is 12.2 Å². The number of rotatable bonds is 10. The van der Waals surface area contributed by atoms with Crippen molar-refractivity contribution in [3.05, 3.63) is 125 Å². The molecule has 5 aromatic rings. The lowest BCUT2D eigenvalue weighted by Gasteiger charge is -2.36. The number of H-pyrrole nitrogens is 1. The van der Waals surface area contributed by atoms with E-state index in [0.29, 0.717) is 28.8 Å². The fourth-order valence-corrected chi connectivity index (χ4v) is 6.41. The summed E-state index contributed by atoms with van der Waals surface area (Å²) in [5, 5.41) is 31.5. The minimum absolute atomic E-state index is 0.0587. The van der Waals surface area contributed by atoms with Gasteiger partial charge in [-0.2, -0.15) is 5.10 Å². The van der Waals surface area contributed by atoms with Crippen LogP contribution < -0.4 is 10.5 Å². The fourth-order valence-electron chi connectivity index (χ4n) is 6.10. The normalized spacial score (nSPS) is 20.4. The number of urea groups is 1. The van der Waals surface area contributed by atoms with Gasteiger partial charge in [-0.3, -0.25) is 9.66 Å². The number of amides is 2. The summed E-state index contributed by atoms with van der Waals surface area (Å²) in [6.07, 6.45) is -3.13. The molecule has 6 rings (SSSR count). The predicted molar refractivity (Wildman–Crippen MR) is 176 cm³/mol. The van der Waals surface area contributed by atoms with Crippen LogP contribution >= 0.6 is 7.60 Å². The van der Waals surface area contributed by atoms with Crippen molar-refractivity contribution in [2.75, 3.05) is 12.1 Å². The van der Waals surface area contributed by atoms with Gasteiger partial charge in [-0.15, -0.1) is 0 Å². The molecule has 2 heterocycles. The number of aliphatic hydroxyl groups is 2. The first kappa shape index (κ1) is 32.2. The standard InChI is InChI=1S/C34H36N5O7P/c35-33-27-17-24(13-16-28(27)36-37-33)20-38-29(18-22-7-3-1-4-8-22)31(40)32(41)30(25-9-5-2-6-10-25)39(34(38)42)19-23-11-14-26(15-12-23)46-21-47(43,44)45/h1-17,29-32,40-41H,18-21H2,(H3,35,36,37)(H2,43,44,45)/t29-,30?,31+,32+/m1/s1. The summed E-state index contributed by atoms with van der Waals surface area (Å²) in [7, 11) is -4.36. The fraction of sp³-hybridized carbons (Fsp3) is 0.235. The Bertz CT molecular complexity index is 1870. The molecular weight excluding hydrogens is 621 g/mol. The van der Waals surface area contributed by atoms with Gasteiger partial charge >= 0.3 is 13.6 Å². The number of benzene rings is 4. The highest BCUT2D eigenvalue weighted by Crippen LogP contribution is 2.37. The maximum absolute atomic E-state index is 14.9. The Morgan fingerprint density at radius 2 is 1.45 bits per heavy atom. The Balaban J connectivity index is 1.41. The van der Waals surface area contributed by atoms with Crippen LogP contribution in [-0.2, 0) is 24.1 Å². The topological polar surface area (TPSA) is 185 Å². The number of carbonyl (C=O) groups excluding carboxylic acids is 1. The van der Waals surface area contributed by atoms with Gasteiger partial charge in [0.1, 0.15) is 18.0 Å². The average Bonchev–Trinajstić information content (AvgIpc) is 3.42. The van der Waals surface area contributed by atoms with Crippen LogP contribution in [0.2, 0.25) is 0 Å². The zero-order valence-corrected chi connectivity index (χ0v) is 26.2. The van der Waals surface area contributed by atoms with Gasteiger partial charge in [-0.05, 0) is 52.9 Å². The average molecular weight is 658 g/mol. The second kappa shape index (κ2) is 13.6. The zero-order valence-electron chi connectivity index (χ0n) is 25.3. The van der Waals surface area contributed by atoms with E-state index in [9.17, 15) is 29.4 Å². The molecule has 0 aliphatic carbocycles. The molecule has 1 fully saturated rings. The van der Waals surface area contributed by atoms with Crippen molar-refractivity contribution in [3.8, 4) is 5.75 Å². The largest absolute Gasteiger partial charge is 0.481 e. The third kappa shape index (κ3) is 7.32. The minimum Gasteiger partial charge on any atom is -0.481 e. The quantitative estimate of drug-likeness (QED) is 0.120. The number of aromatic nitrogens is 2. The van der Waals surface area contributed by atoms with E-state index in [1.807, 2.05) is 78.9 Å². The Labute approximate surface area is 271 Å². The third-order valence-electron chi connectivity index (χ3n) is 8.41. The summed E-state index contributed by atoms with van der Waals surface area (Å²) >= 11 is 0. The van der Waals surface area contributed by atoms with Crippen LogP contribution in [0.1, 0.15) is 28.3 Å². The SMILES string of the molecule is Nc1n[nH]c2ccc(CN3C(=O)N(Cc4ccc(OCP(=O)(O)O)cc4)C(c4ccccc4)[C@H](O)[C@@H](O)[C@H]3Cc3ccccc3)cc12. The molecule has 4 atom stereocenters. The maximum Gasteiger partial charge on any atom is 0.362 e. The molecule has 244 valence electrons. The van der Waals surface area contributed by atoms with E-state index in [1.165, 1.54) is 0 Å². The number of hydrogen-bond donors (Lipinski definition) is 6. The van der Waals surface area contributed by atoms with Crippen molar-refractivity contribution in [2.45, 2.75) is 43.8 Å². The molecule has 7 N–H and O–H groups in total. The number of aromatic amines is 1. The van der Waals surface area contributed by atoms with Crippen LogP contribution in [0.3, 0.4) is 0 Å². The number of ether oxygens (including phenoxy) is 1. The van der Waals surface area contributed by atoms with Gasteiger partial charge in [0.2, 0.25) is 0 Å². The summed E-state index contributed by atoms with van der Waals surface area (Å²) in [5.74, 6) is 0.590. The lowest BCUT2D eigenvalue weighted by atomic mass is 9.90. The summed E-state index contributed by atoms with van der Waals surface area (Å²) < 4.78 is 16.5. The molecule has 0 spiro atoms. The molecule has 1 aliphatic heterocycles. The van der Waals surface area contributed by atoms with Crippen LogP contribution in [0, 0.1) is 0 Å². The lowest BCUT2D eigenvalue weighted by Crippen LogP contribution is -2.50. The number of fused-ring (bicyclic) bond motifs is 1. The van der Waals surface area contributed by atoms with Crippen molar-refractivity contribution in [2.24, 2.45) is 0 Å². The number of nitrogens with two attached hydrogens (primary N) is 1. The first-order valence-corrected chi connectivity index (χ1v) is 16.9. The van der Waals surface area contributed by atoms with E-state index in [-0.39, 0.29) is 18.8 Å². The molecule has 1 saturated heterocycles. The number of nitrogens with one attached hydrogen (secondary N) is 1. The molecule has 1 aromatic heterocycles. The third-order valence-corrected chi connectivity index (χ3v) is 8.87. The van der Waals surface area contributed by atoms with Gasteiger partial charge in [-0.1, -0.05) is 78.9 Å². The highest BCUT2D eigenvalue weighted by atomic mass is 31.2. The lowest BCUT2D eigenvalue weighted by molar-refractivity contribution is -0.0418. The van der Waals surface area contributed by atoms with Crippen molar-refractivity contribution in [1.82, 2.24) is 20.0 Å². The Morgan fingerprint density at radius 3 is 2.13 bits per heavy atom. The first-order valence-electron chi connectivity index (χ1n) is 15.1. The van der Waals surface area contributed by atoms with E-state index in [4.69, 9.17) is 10.5 Å². The number of carbonyl (C=O) groups is 1. The van der Waals surface area contributed by atoms with Crippen molar-refractivity contribution < 1.29 is 34.1 Å². The highest BCUT2D eigenvalue weighted by Gasteiger charge is 2.47. The Morgan fingerprint density at radius 1 is 0.809 bits per heavy atom. The monoisotopic (exact) mass is 657 g/mol. The number of nitrogens with zero attached hydrogens (tertiary/aromatic N) is 3. The summed E-state index contributed by atoms with van der Waals surface area (Å²) in [6.45, 7) is 0.178. The predicted octanol–water partition coefficient (Wildman–Crippen LogP) is 4.17. The van der Waals surface area contributed by atoms with Crippen molar-refractivity contribution in [1.29, 1.82) is 0 Å². The van der Waals surface area contributed by atoms with Crippen LogP contribution in [0.25, 0.3) is 10.9 Å². The van der Waals surface area contributed by atoms with Crippen LogP contribution in [-0.4, -0.2) is 70.6 Å². The summed E-state index contributed by atoms with van der Waals surface area (Å²) in [5.41, 5.74) is 9.84. The molecule has 0 saturated carbocycles. The van der Waals surface area contributed by atoms with Gasteiger partial charge in [-0.25, -0.2) is 4.79 Å². The van der Waals surface area contributed by atoms with Crippen LogP contribution in [0.15, 0.2) is 103 Å². The van der Waals surface area contributed by atoms with Crippen molar-refractivity contribution in [3.63, 3.8) is 0 Å². The Hall–Kier alpha value is -4.71. The van der Waals surface area contributed by atoms with E-state index >= 15 is 0 Å². The van der Waals surface area contributed by atoms with E-state index in [2.05, 4.69) is 10.2 Å². The number of nitrogen functional groups attached to an aromatic ring is 1. The van der Waals surface area contributed by atoms with Crippen molar-refractivity contribution >= 4 is 30.3 Å². The van der Waals surface area contributed by atoms with Gasteiger partial charge in [0.05, 0.1) is 17.6 Å². The van der Waals surface area contributed by atoms with Gasteiger partial charge in [0, 0.05) is 18.5 Å². The second-order valence-electron chi connectivity index (χ2n) is 11.7. The molecule has 2 amide bonds. The van der Waals surface area contributed by atoms with Gasteiger partial charge in [0.25, 0.3) is 0 Å². The van der Waals surface area contributed by atoms with Crippen LogP contribution in [0.5, 0.6) is 5.75 Å². The molecule has 4 aromatic carbocycles. The molecule has 0 radical (unpaired) electrons. The number of anilines is 1. The molecule has 47 heavy (non-hydrogen) atoms. The molecule has 12 nitrogen and oxygen atoms in total. The van der Waals surface area contributed by atoms with Gasteiger partial charge < -0.3 is 40.3 Å². The molecule has 0 bridgehead atoms. The van der Waals surface area contributed by atoms with E-state index in [1.54, 1.807) is 34.1 Å². The zero-order chi connectivity index (χ0) is 33.1. The number of aliphatic hydroxyl groups excluding tert-OH is 2. The van der Waals surface area contributed by atoms with E-state index in [0.717, 1.165) is 16.6 Å². The van der Waals surface area contributed by atoms with Crippen LogP contribution in [0.4, 0.5) is 10.6 Å². The first-order chi connectivity index (χ1) is 22.6. The maximum atomic E-state index is 14.9. The molecule has 13 heteroatoms. The number of hydrogen-bond acceptors (Lipinski definition) is 7. The molecule has 1 unspecified atom stereocenters. The van der Waals surface area contributed by atoms with E-state index < -0.39 is 44.3 Å². The summed E-state index contributed by atoms with van der Waals surface area (Å²) in [6, 6.07) is 28.6.